The highest BCUT2D eigenvalue weighted by Crippen LogP contribution is 2.41. The first-order chi connectivity index (χ1) is 10.2. The van der Waals surface area contributed by atoms with Crippen LogP contribution in [-0.4, -0.2) is 23.5 Å². The van der Waals surface area contributed by atoms with Gasteiger partial charge in [-0.25, -0.2) is 0 Å². The van der Waals surface area contributed by atoms with E-state index in [-0.39, 0.29) is 36.6 Å². The van der Waals surface area contributed by atoms with Crippen LogP contribution in [0, 0.1) is 17.8 Å². The van der Waals surface area contributed by atoms with Gasteiger partial charge >= 0.3 is 0 Å². The number of nitrogens with one attached hydrogen (secondary N) is 1. The van der Waals surface area contributed by atoms with Crippen LogP contribution < -0.4 is 11.1 Å². The first-order valence-corrected chi connectivity index (χ1v) is 8.16. The number of nitrogens with zero attached hydrogens (tertiary/aromatic N) is 1. The van der Waals surface area contributed by atoms with Crippen LogP contribution in [0.15, 0.2) is 24.5 Å². The normalized spacial score (nSPS) is 28.9. The molecule has 0 radical (unpaired) electrons. The number of fused-ring (bicyclic) bond motifs is 2. The van der Waals surface area contributed by atoms with Crippen molar-refractivity contribution in [2.75, 3.05) is 6.54 Å². The van der Waals surface area contributed by atoms with Crippen LogP contribution in [0.25, 0.3) is 0 Å². The van der Waals surface area contributed by atoms with Crippen molar-refractivity contribution >= 4 is 30.7 Å². The van der Waals surface area contributed by atoms with Gasteiger partial charge in [0.2, 0.25) is 5.91 Å². The number of carbonyl (C=O) groups excluding carboxylic acids is 1. The maximum atomic E-state index is 12.4. The molecule has 0 saturated heterocycles. The summed E-state index contributed by atoms with van der Waals surface area (Å²) in [6.07, 6.45) is 10.1. The van der Waals surface area contributed by atoms with E-state index in [0.29, 0.717) is 24.4 Å². The Morgan fingerprint density at radius 1 is 1.26 bits per heavy atom. The van der Waals surface area contributed by atoms with Crippen molar-refractivity contribution in [2.45, 2.75) is 44.6 Å². The van der Waals surface area contributed by atoms with Crippen LogP contribution in [0.5, 0.6) is 0 Å². The lowest BCUT2D eigenvalue weighted by molar-refractivity contribution is -0.127. The quantitative estimate of drug-likeness (QED) is 0.868. The number of nitrogens with two attached hydrogens (primary N) is 1. The molecule has 2 fully saturated rings. The summed E-state index contributed by atoms with van der Waals surface area (Å²) in [5.41, 5.74) is 7.45. The van der Waals surface area contributed by atoms with E-state index in [1.54, 1.807) is 6.20 Å². The molecule has 2 saturated carbocycles. The third kappa shape index (κ3) is 5.07. The SMILES string of the molecule is Cl.Cl.NC1C2CCCC1CC(C(=O)NCCc1cccnc1)C2. The molecule has 2 atom stereocenters. The molecule has 2 bridgehead atoms. The van der Waals surface area contributed by atoms with Gasteiger partial charge in [-0.15, -0.1) is 24.8 Å². The zero-order valence-corrected chi connectivity index (χ0v) is 15.0. The van der Waals surface area contributed by atoms with Gasteiger partial charge in [-0.1, -0.05) is 12.5 Å². The van der Waals surface area contributed by atoms with E-state index in [1.807, 2.05) is 18.3 Å². The number of rotatable bonds is 4. The van der Waals surface area contributed by atoms with E-state index < -0.39 is 0 Å². The van der Waals surface area contributed by atoms with Crippen LogP contribution in [0.3, 0.4) is 0 Å². The number of pyridine rings is 1. The first-order valence-electron chi connectivity index (χ1n) is 8.16. The Balaban J connectivity index is 0.00000132. The molecule has 4 nitrogen and oxygen atoms in total. The van der Waals surface area contributed by atoms with Gasteiger partial charge in [-0.2, -0.15) is 0 Å². The second kappa shape index (κ2) is 9.45. The van der Waals surface area contributed by atoms with E-state index in [0.717, 1.165) is 19.3 Å². The van der Waals surface area contributed by atoms with Crippen LogP contribution in [0.2, 0.25) is 0 Å². The molecule has 0 aromatic carbocycles. The molecule has 130 valence electrons. The highest BCUT2D eigenvalue weighted by Gasteiger charge is 2.40. The number of halogens is 2. The van der Waals surface area contributed by atoms with Crippen molar-refractivity contribution < 1.29 is 4.79 Å². The molecule has 1 amide bonds. The number of carbonyl (C=O) groups is 1. The largest absolute Gasteiger partial charge is 0.356 e. The molecule has 3 N–H and O–H groups in total. The smallest absolute Gasteiger partial charge is 0.223 e. The molecule has 2 aliphatic carbocycles. The molecule has 1 heterocycles. The van der Waals surface area contributed by atoms with Gasteiger partial charge in [0.15, 0.2) is 0 Å². The van der Waals surface area contributed by atoms with Gasteiger partial charge < -0.3 is 11.1 Å². The molecular weight excluding hydrogens is 333 g/mol. The maximum absolute atomic E-state index is 12.4. The van der Waals surface area contributed by atoms with Crippen molar-refractivity contribution in [1.82, 2.24) is 10.3 Å². The minimum Gasteiger partial charge on any atom is -0.356 e. The average Bonchev–Trinajstić information content (AvgIpc) is 2.48. The van der Waals surface area contributed by atoms with Crippen LogP contribution in [0.4, 0.5) is 0 Å². The molecule has 2 unspecified atom stereocenters. The molecule has 1 aromatic heterocycles. The standard InChI is InChI=1S/C17H25N3O.2ClH/c18-16-13-4-1-5-14(16)10-15(9-13)17(21)20-8-6-12-3-2-7-19-11-12;;/h2-3,7,11,13-16H,1,4-6,8-10,18H2,(H,20,21);2*1H. The Hall–Kier alpha value is -0.840. The molecule has 0 spiro atoms. The van der Waals surface area contributed by atoms with Crippen LogP contribution in [0.1, 0.15) is 37.7 Å². The summed E-state index contributed by atoms with van der Waals surface area (Å²) in [7, 11) is 0. The van der Waals surface area contributed by atoms with Crippen molar-refractivity contribution in [3.63, 3.8) is 0 Å². The Labute approximate surface area is 150 Å². The minimum atomic E-state index is 0. The fourth-order valence-corrected chi connectivity index (χ4v) is 4.02. The molecular formula is C17H27Cl2N3O. The third-order valence-corrected chi connectivity index (χ3v) is 5.22. The van der Waals surface area contributed by atoms with Gasteiger partial charge in [0.25, 0.3) is 0 Å². The van der Waals surface area contributed by atoms with Gasteiger partial charge in [0, 0.05) is 30.9 Å². The Bertz CT molecular complexity index is 472. The molecule has 2 aliphatic rings. The van der Waals surface area contributed by atoms with Crippen LogP contribution >= 0.6 is 24.8 Å². The summed E-state index contributed by atoms with van der Waals surface area (Å²) in [6.45, 7) is 0.697. The number of hydrogen-bond donors (Lipinski definition) is 2. The Morgan fingerprint density at radius 3 is 2.57 bits per heavy atom. The van der Waals surface area contributed by atoms with Gasteiger partial charge in [-0.05, 0) is 55.6 Å². The first kappa shape index (κ1) is 20.2. The van der Waals surface area contributed by atoms with Crippen molar-refractivity contribution in [3.05, 3.63) is 30.1 Å². The summed E-state index contributed by atoms with van der Waals surface area (Å²) in [4.78, 5) is 16.5. The third-order valence-electron chi connectivity index (χ3n) is 5.22. The predicted octanol–water partition coefficient (Wildman–Crippen LogP) is 2.74. The minimum absolute atomic E-state index is 0. The maximum Gasteiger partial charge on any atom is 0.223 e. The van der Waals surface area contributed by atoms with E-state index in [9.17, 15) is 4.79 Å². The van der Waals surface area contributed by atoms with Crippen molar-refractivity contribution in [3.8, 4) is 0 Å². The van der Waals surface area contributed by atoms with E-state index >= 15 is 0 Å². The fourth-order valence-electron chi connectivity index (χ4n) is 4.02. The summed E-state index contributed by atoms with van der Waals surface area (Å²) in [5, 5.41) is 3.10. The Morgan fingerprint density at radius 2 is 1.96 bits per heavy atom. The molecule has 6 heteroatoms. The predicted molar refractivity (Wildman–Crippen MR) is 97.0 cm³/mol. The zero-order chi connectivity index (χ0) is 14.7. The zero-order valence-electron chi connectivity index (χ0n) is 13.3. The highest BCUT2D eigenvalue weighted by atomic mass is 35.5. The number of hydrogen-bond acceptors (Lipinski definition) is 3. The number of amides is 1. The summed E-state index contributed by atoms with van der Waals surface area (Å²) in [6, 6.07) is 4.31. The second-order valence-corrected chi connectivity index (χ2v) is 6.60. The van der Waals surface area contributed by atoms with Gasteiger partial charge in [-0.3, -0.25) is 9.78 Å². The second-order valence-electron chi connectivity index (χ2n) is 6.60. The topological polar surface area (TPSA) is 68.0 Å². The lowest BCUT2D eigenvalue weighted by Gasteiger charge is -2.43. The van der Waals surface area contributed by atoms with Gasteiger partial charge in [0.05, 0.1) is 0 Å². The van der Waals surface area contributed by atoms with E-state index in [1.165, 1.54) is 24.8 Å². The van der Waals surface area contributed by atoms with Crippen LogP contribution in [-0.2, 0) is 11.2 Å². The highest BCUT2D eigenvalue weighted by molar-refractivity contribution is 5.85. The summed E-state index contributed by atoms with van der Waals surface area (Å²) >= 11 is 0. The summed E-state index contributed by atoms with van der Waals surface area (Å²) in [5.74, 6) is 1.52. The monoisotopic (exact) mass is 359 g/mol. The van der Waals surface area contributed by atoms with E-state index in [2.05, 4.69) is 10.3 Å². The van der Waals surface area contributed by atoms with Crippen molar-refractivity contribution in [1.29, 1.82) is 0 Å². The molecule has 23 heavy (non-hydrogen) atoms. The molecule has 1 aromatic rings. The van der Waals surface area contributed by atoms with Gasteiger partial charge in [0.1, 0.15) is 0 Å². The fraction of sp³-hybridized carbons (Fsp3) is 0.647. The molecule has 0 aliphatic heterocycles. The lowest BCUT2D eigenvalue weighted by Crippen LogP contribution is -2.49. The Kier molecular flexibility index (Phi) is 8.31. The van der Waals surface area contributed by atoms with E-state index in [4.69, 9.17) is 5.73 Å². The molecule has 3 rings (SSSR count). The average molecular weight is 360 g/mol. The lowest BCUT2D eigenvalue weighted by atomic mass is 9.65. The number of aromatic nitrogens is 1. The van der Waals surface area contributed by atoms with Crippen molar-refractivity contribution in [2.24, 2.45) is 23.5 Å². The summed E-state index contributed by atoms with van der Waals surface area (Å²) < 4.78 is 0.